The molecule has 32 heavy (non-hydrogen) atoms. The van der Waals surface area contributed by atoms with E-state index in [-0.39, 0.29) is 19.6 Å². The zero-order chi connectivity index (χ0) is 22.7. The number of nitrogens with zero attached hydrogens (tertiary/aromatic N) is 5. The normalized spacial score (nSPS) is 23.9. The van der Waals surface area contributed by atoms with Gasteiger partial charge in [0.25, 0.3) is 5.92 Å². The summed E-state index contributed by atoms with van der Waals surface area (Å²) in [4.78, 5) is 13.4. The Balaban J connectivity index is 1.82. The summed E-state index contributed by atoms with van der Waals surface area (Å²) in [5.74, 6) is -2.71. The van der Waals surface area contributed by atoms with Gasteiger partial charge in [0.05, 0.1) is 36.8 Å². The molecule has 0 spiro atoms. The molecule has 1 saturated heterocycles. The molecular weight excluding hydrogens is 420 g/mol. The first-order chi connectivity index (χ1) is 15.4. The number of rotatable bonds is 6. The Labute approximate surface area is 183 Å². The van der Waals surface area contributed by atoms with Gasteiger partial charge in [0.2, 0.25) is 6.41 Å². The first-order valence-corrected chi connectivity index (χ1v) is 10.0. The van der Waals surface area contributed by atoms with Crippen molar-refractivity contribution >= 4 is 23.5 Å². The number of amides is 1. The van der Waals surface area contributed by atoms with Crippen molar-refractivity contribution in [2.75, 3.05) is 20.2 Å². The van der Waals surface area contributed by atoms with Crippen molar-refractivity contribution in [1.82, 2.24) is 25.4 Å². The fraction of sp³-hybridized carbons (Fsp3) is 0.333. The largest absolute Gasteiger partial charge is 0.370 e. The lowest BCUT2D eigenvalue weighted by atomic mass is 9.97. The van der Waals surface area contributed by atoms with E-state index < -0.39 is 18.3 Å². The summed E-state index contributed by atoms with van der Waals surface area (Å²) >= 11 is 0. The van der Waals surface area contributed by atoms with Crippen LogP contribution in [0.4, 0.5) is 8.78 Å². The summed E-state index contributed by atoms with van der Waals surface area (Å²) in [5.41, 5.74) is 9.04. The zero-order valence-electron chi connectivity index (χ0n) is 17.4. The number of carbonyl (C=O) groups excluding carboxylic acids is 1. The standard InChI is InChI=1S/C21H23F2N7O2/c1-29-19(28-30(13-31)12-16-21(22,23)8-10-32-16)17(15-7-9-25-26-11-15)18(27-20(29)24)14-5-3-2-4-6-14/h2-7,9,11,13,16,20,27H,8,10,12,24H2,1H3/b28-19-. The van der Waals surface area contributed by atoms with Crippen molar-refractivity contribution in [3.63, 3.8) is 0 Å². The topological polar surface area (TPSA) is 109 Å². The summed E-state index contributed by atoms with van der Waals surface area (Å²) < 4.78 is 33.3. The van der Waals surface area contributed by atoms with Crippen LogP contribution in [0.15, 0.2) is 53.9 Å². The summed E-state index contributed by atoms with van der Waals surface area (Å²) in [5, 5.41) is 16.3. The number of ether oxygens (including phenoxy) is 1. The van der Waals surface area contributed by atoms with Crippen LogP contribution in [0, 0.1) is 0 Å². The molecule has 2 unspecified atom stereocenters. The zero-order valence-corrected chi connectivity index (χ0v) is 17.4. The molecule has 9 nitrogen and oxygen atoms in total. The molecule has 2 aliphatic heterocycles. The Kier molecular flexibility index (Phi) is 6.10. The fourth-order valence-corrected chi connectivity index (χ4v) is 3.61. The molecule has 3 N–H and O–H groups in total. The van der Waals surface area contributed by atoms with E-state index in [0.717, 1.165) is 10.6 Å². The van der Waals surface area contributed by atoms with Crippen LogP contribution in [0.5, 0.6) is 0 Å². The number of amidine groups is 1. The van der Waals surface area contributed by atoms with Crippen molar-refractivity contribution in [1.29, 1.82) is 0 Å². The molecule has 168 valence electrons. The third-order valence-electron chi connectivity index (χ3n) is 5.38. The van der Waals surface area contributed by atoms with Gasteiger partial charge in [-0.3, -0.25) is 10.5 Å². The fourth-order valence-electron chi connectivity index (χ4n) is 3.61. The predicted octanol–water partition coefficient (Wildman–Crippen LogP) is 1.32. The number of hydrazone groups is 1. The van der Waals surface area contributed by atoms with Gasteiger partial charge in [0.15, 0.2) is 12.1 Å². The maximum Gasteiger partial charge on any atom is 0.277 e. The maximum atomic E-state index is 14.1. The van der Waals surface area contributed by atoms with Crippen LogP contribution in [0.3, 0.4) is 0 Å². The van der Waals surface area contributed by atoms with Crippen molar-refractivity contribution in [3.05, 3.63) is 59.9 Å². The van der Waals surface area contributed by atoms with Crippen molar-refractivity contribution in [2.45, 2.75) is 24.7 Å². The molecule has 0 saturated carbocycles. The molecule has 3 heterocycles. The highest BCUT2D eigenvalue weighted by atomic mass is 19.3. The number of nitrogens with two attached hydrogens (primary N) is 1. The number of likely N-dealkylation sites (N-methyl/N-ethyl adjacent to an activating group) is 1. The molecule has 1 amide bonds. The van der Waals surface area contributed by atoms with Crippen LogP contribution < -0.4 is 11.1 Å². The molecule has 2 atom stereocenters. The summed E-state index contributed by atoms with van der Waals surface area (Å²) in [7, 11) is 1.69. The SMILES string of the molecule is CN1/C(=N\N(C=O)CC2OCCC2(F)F)C(c2ccnnc2)=C(c2ccccc2)NC1N. The maximum absolute atomic E-state index is 14.1. The van der Waals surface area contributed by atoms with Crippen LogP contribution in [-0.4, -0.2) is 70.9 Å². The lowest BCUT2D eigenvalue weighted by Crippen LogP contribution is -2.56. The highest BCUT2D eigenvalue weighted by Gasteiger charge is 2.46. The average Bonchev–Trinajstić information content (AvgIpc) is 3.14. The number of halogens is 2. The van der Waals surface area contributed by atoms with Crippen LogP contribution in [0.25, 0.3) is 11.3 Å². The van der Waals surface area contributed by atoms with Crippen molar-refractivity contribution < 1.29 is 18.3 Å². The van der Waals surface area contributed by atoms with E-state index in [0.29, 0.717) is 29.1 Å². The van der Waals surface area contributed by atoms with Gasteiger partial charge in [-0.25, -0.2) is 13.8 Å². The van der Waals surface area contributed by atoms with Crippen molar-refractivity contribution in [3.8, 4) is 0 Å². The Hall–Kier alpha value is -3.44. The van der Waals surface area contributed by atoms with E-state index in [2.05, 4.69) is 20.6 Å². The van der Waals surface area contributed by atoms with Gasteiger partial charge in [-0.1, -0.05) is 30.3 Å². The van der Waals surface area contributed by atoms with E-state index in [1.165, 1.54) is 6.20 Å². The van der Waals surface area contributed by atoms with Gasteiger partial charge in [-0.05, 0) is 11.6 Å². The van der Waals surface area contributed by atoms with Gasteiger partial charge in [-0.2, -0.15) is 15.3 Å². The number of hydrogen-bond acceptors (Lipinski definition) is 7. The third-order valence-corrected chi connectivity index (χ3v) is 5.38. The molecule has 2 aliphatic rings. The second kappa shape index (κ2) is 8.97. The predicted molar refractivity (Wildman–Crippen MR) is 114 cm³/mol. The number of aromatic nitrogens is 2. The van der Waals surface area contributed by atoms with Crippen molar-refractivity contribution in [2.24, 2.45) is 10.8 Å². The van der Waals surface area contributed by atoms with Gasteiger partial charge in [0.1, 0.15) is 6.10 Å². The molecule has 4 rings (SSSR count). The monoisotopic (exact) mass is 443 g/mol. The molecule has 11 heteroatoms. The van der Waals surface area contributed by atoms with E-state index >= 15 is 0 Å². The third kappa shape index (κ3) is 4.30. The van der Waals surface area contributed by atoms with Crippen LogP contribution in [0.1, 0.15) is 17.5 Å². The molecule has 0 bridgehead atoms. The van der Waals surface area contributed by atoms with Crippen LogP contribution >= 0.6 is 0 Å². The number of benzene rings is 1. The summed E-state index contributed by atoms with van der Waals surface area (Å²) in [6.45, 7) is -0.458. The molecule has 2 aromatic rings. The van der Waals surface area contributed by atoms with E-state index in [9.17, 15) is 13.6 Å². The number of alkyl halides is 2. The first-order valence-electron chi connectivity index (χ1n) is 10.0. The lowest BCUT2D eigenvalue weighted by molar-refractivity contribution is -0.124. The smallest absolute Gasteiger partial charge is 0.277 e. The van der Waals surface area contributed by atoms with E-state index in [4.69, 9.17) is 10.5 Å². The van der Waals surface area contributed by atoms with E-state index in [1.807, 2.05) is 30.3 Å². The molecule has 1 fully saturated rings. The minimum Gasteiger partial charge on any atom is -0.370 e. The van der Waals surface area contributed by atoms with Gasteiger partial charge in [0, 0.05) is 19.0 Å². The molecule has 1 aromatic heterocycles. The number of nitrogens with one attached hydrogen (secondary N) is 1. The minimum atomic E-state index is -3.03. The van der Waals surface area contributed by atoms with Gasteiger partial charge < -0.3 is 15.0 Å². The summed E-state index contributed by atoms with van der Waals surface area (Å²) in [6.07, 6.45) is 0.987. The molecular formula is C21H23F2N7O2. The van der Waals surface area contributed by atoms with Crippen LogP contribution in [0.2, 0.25) is 0 Å². The number of carbonyl (C=O) groups is 1. The Morgan fingerprint density at radius 2 is 2.09 bits per heavy atom. The highest BCUT2D eigenvalue weighted by Crippen LogP contribution is 2.33. The van der Waals surface area contributed by atoms with Gasteiger partial charge in [-0.15, -0.1) is 0 Å². The average molecular weight is 443 g/mol. The first kappa shape index (κ1) is 21.8. The Morgan fingerprint density at radius 3 is 2.72 bits per heavy atom. The second-order valence-electron chi connectivity index (χ2n) is 7.47. The highest BCUT2D eigenvalue weighted by molar-refractivity contribution is 6.30. The Morgan fingerprint density at radius 1 is 1.31 bits per heavy atom. The summed E-state index contributed by atoms with van der Waals surface area (Å²) in [6, 6.07) is 11.2. The molecule has 1 aromatic carbocycles. The van der Waals surface area contributed by atoms with Gasteiger partial charge >= 0.3 is 0 Å². The second-order valence-corrected chi connectivity index (χ2v) is 7.47. The van der Waals surface area contributed by atoms with Crippen LogP contribution in [-0.2, 0) is 9.53 Å². The Bertz CT molecular complexity index is 1020. The molecule has 0 aliphatic carbocycles. The quantitative estimate of drug-likeness (QED) is 0.512. The molecule has 0 radical (unpaired) electrons. The lowest BCUT2D eigenvalue weighted by Gasteiger charge is -2.37. The van der Waals surface area contributed by atoms with E-state index in [1.54, 1.807) is 24.2 Å². The minimum absolute atomic E-state index is 0.0678. The number of hydrogen-bond donors (Lipinski definition) is 2.